The molecule has 0 radical (unpaired) electrons. The van der Waals surface area contributed by atoms with Crippen molar-refractivity contribution in [1.82, 2.24) is 9.55 Å². The molecule has 4 atom stereocenters. The summed E-state index contributed by atoms with van der Waals surface area (Å²) in [7, 11) is 0. The van der Waals surface area contributed by atoms with Gasteiger partial charge in [-0.25, -0.2) is 4.79 Å². The molecule has 2 unspecified atom stereocenters. The summed E-state index contributed by atoms with van der Waals surface area (Å²) in [6, 6.07) is 0. The van der Waals surface area contributed by atoms with Gasteiger partial charge in [0.1, 0.15) is 24.1 Å². The van der Waals surface area contributed by atoms with Gasteiger partial charge in [-0.05, 0) is 12.8 Å². The Hall–Kier alpha value is -1.74. The number of anilines is 1. The predicted molar refractivity (Wildman–Crippen MR) is 93.7 cm³/mol. The van der Waals surface area contributed by atoms with E-state index in [2.05, 4.69) is 11.9 Å². The zero-order valence-electron chi connectivity index (χ0n) is 14.4. The van der Waals surface area contributed by atoms with Crippen LogP contribution >= 0.6 is 0 Å². The van der Waals surface area contributed by atoms with Gasteiger partial charge in [-0.2, -0.15) is 4.98 Å². The first kappa shape index (κ1) is 19.6. The lowest BCUT2D eigenvalue weighted by Crippen LogP contribution is -2.36. The fourth-order valence-corrected chi connectivity index (χ4v) is 2.82. The molecule has 0 bridgehead atoms. The number of allylic oxidation sites excluding steroid dienone is 1. The van der Waals surface area contributed by atoms with E-state index >= 15 is 0 Å². The summed E-state index contributed by atoms with van der Waals surface area (Å²) in [4.78, 5) is 15.8. The molecular weight excluding hydrogens is 326 g/mol. The van der Waals surface area contributed by atoms with Crippen LogP contribution in [0.3, 0.4) is 0 Å². The fraction of sp³-hybridized carbons (Fsp3) is 0.647. The largest absolute Gasteiger partial charge is 0.394 e. The van der Waals surface area contributed by atoms with Gasteiger partial charge in [-0.15, -0.1) is 0 Å². The highest BCUT2D eigenvalue weighted by molar-refractivity contribution is 5.59. The third-order valence-electron chi connectivity index (χ3n) is 4.32. The van der Waals surface area contributed by atoms with Crippen LogP contribution in [0.5, 0.6) is 0 Å². The normalized spacial score (nSPS) is 26.6. The van der Waals surface area contributed by atoms with Crippen molar-refractivity contribution in [2.24, 2.45) is 0 Å². The number of aromatic nitrogens is 2. The van der Waals surface area contributed by atoms with E-state index < -0.39 is 36.8 Å². The highest BCUT2D eigenvalue weighted by atomic mass is 16.6. The van der Waals surface area contributed by atoms with Crippen molar-refractivity contribution in [1.29, 1.82) is 0 Å². The smallest absolute Gasteiger partial charge is 0.351 e. The Labute approximate surface area is 146 Å². The lowest BCUT2D eigenvalue weighted by molar-refractivity contribution is -0.0549. The fourth-order valence-electron chi connectivity index (χ4n) is 2.82. The lowest BCUT2D eigenvalue weighted by Gasteiger charge is -2.18. The number of nitrogens with two attached hydrogens (primary N) is 1. The van der Waals surface area contributed by atoms with Crippen molar-refractivity contribution >= 4 is 11.9 Å². The molecule has 25 heavy (non-hydrogen) atoms. The molecule has 1 saturated heterocycles. The molecule has 0 spiro atoms. The molecule has 0 aromatic carbocycles. The summed E-state index contributed by atoms with van der Waals surface area (Å²) in [6.07, 6.45) is 6.02. The minimum atomic E-state index is -1.34. The van der Waals surface area contributed by atoms with Crippen molar-refractivity contribution in [3.05, 3.63) is 28.3 Å². The second-order valence-corrected chi connectivity index (χ2v) is 6.25. The second kappa shape index (κ2) is 9.10. The van der Waals surface area contributed by atoms with Crippen LogP contribution in [0.4, 0.5) is 5.82 Å². The summed E-state index contributed by atoms with van der Waals surface area (Å²) < 4.78 is 6.47. The van der Waals surface area contributed by atoms with E-state index in [-0.39, 0.29) is 5.82 Å². The maximum Gasteiger partial charge on any atom is 0.351 e. The van der Waals surface area contributed by atoms with Crippen molar-refractivity contribution in [2.45, 2.75) is 63.6 Å². The summed E-state index contributed by atoms with van der Waals surface area (Å²) in [6.45, 7) is 1.69. The molecule has 5 N–H and O–H groups in total. The van der Waals surface area contributed by atoms with Crippen LogP contribution < -0.4 is 11.4 Å². The van der Waals surface area contributed by atoms with E-state index in [1.54, 1.807) is 6.08 Å². The number of hydrogen-bond donors (Lipinski definition) is 4. The van der Waals surface area contributed by atoms with Gasteiger partial charge in [-0.3, -0.25) is 4.57 Å². The van der Waals surface area contributed by atoms with Gasteiger partial charge in [0.05, 0.1) is 6.61 Å². The Morgan fingerprint density at radius 3 is 2.72 bits per heavy atom. The van der Waals surface area contributed by atoms with Gasteiger partial charge in [0.25, 0.3) is 0 Å². The third-order valence-corrected chi connectivity index (χ3v) is 4.32. The Morgan fingerprint density at radius 1 is 1.32 bits per heavy atom. The Balaban J connectivity index is 2.15. The Morgan fingerprint density at radius 2 is 2.08 bits per heavy atom. The van der Waals surface area contributed by atoms with Crippen molar-refractivity contribution in [2.75, 3.05) is 12.3 Å². The first-order valence-electron chi connectivity index (χ1n) is 8.67. The number of nitrogens with zero attached hydrogens (tertiary/aromatic N) is 2. The van der Waals surface area contributed by atoms with E-state index in [1.165, 1.54) is 19.0 Å². The average molecular weight is 353 g/mol. The number of aliphatic hydroxyl groups is 3. The summed E-state index contributed by atoms with van der Waals surface area (Å²) in [5.41, 5.74) is 5.65. The van der Waals surface area contributed by atoms with Crippen LogP contribution in [0.1, 0.15) is 50.8 Å². The van der Waals surface area contributed by atoms with Crippen LogP contribution in [0.25, 0.3) is 6.08 Å². The molecular formula is C17H27N3O5. The monoisotopic (exact) mass is 353 g/mol. The topological polar surface area (TPSA) is 131 Å². The molecule has 1 aliphatic rings. The maximum absolute atomic E-state index is 12.1. The second-order valence-electron chi connectivity index (χ2n) is 6.25. The zero-order chi connectivity index (χ0) is 18.4. The van der Waals surface area contributed by atoms with Gasteiger partial charge >= 0.3 is 5.69 Å². The van der Waals surface area contributed by atoms with Crippen molar-refractivity contribution in [3.63, 3.8) is 0 Å². The molecule has 140 valence electrons. The Kier molecular flexibility index (Phi) is 7.12. The standard InChI is InChI=1S/C17H27N3O5/c1-2-3-4-5-6-7-8-11-9-20(17(24)19-15(11)18)16-14(23)13(22)12(10-21)25-16/h7-9,12-14,16,21-23H,2-6,10H2,1H3,(H2,18,19,24)/t12-,13?,14?,16-/m1/s1. The first-order valence-corrected chi connectivity index (χ1v) is 8.67. The van der Waals surface area contributed by atoms with E-state index in [4.69, 9.17) is 15.6 Å². The molecule has 0 saturated carbocycles. The summed E-state index contributed by atoms with van der Waals surface area (Å²) in [5.74, 6) is 0.0952. The van der Waals surface area contributed by atoms with Crippen LogP contribution in [-0.4, -0.2) is 49.8 Å². The summed E-state index contributed by atoms with van der Waals surface area (Å²) in [5, 5.41) is 29.1. The Bertz CT molecular complexity index is 646. The van der Waals surface area contributed by atoms with E-state index in [9.17, 15) is 15.0 Å². The van der Waals surface area contributed by atoms with Gasteiger partial charge in [0, 0.05) is 11.8 Å². The molecule has 8 heteroatoms. The van der Waals surface area contributed by atoms with E-state index in [0.717, 1.165) is 23.8 Å². The minimum Gasteiger partial charge on any atom is -0.394 e. The number of nitrogen functional groups attached to an aromatic ring is 1. The van der Waals surface area contributed by atoms with Crippen molar-refractivity contribution < 1.29 is 20.1 Å². The van der Waals surface area contributed by atoms with E-state index in [1.807, 2.05) is 6.08 Å². The number of ether oxygens (including phenoxy) is 1. The molecule has 0 aliphatic carbocycles. The van der Waals surface area contributed by atoms with Crippen molar-refractivity contribution in [3.8, 4) is 0 Å². The zero-order valence-corrected chi connectivity index (χ0v) is 14.4. The van der Waals surface area contributed by atoms with Gasteiger partial charge in [0.15, 0.2) is 6.23 Å². The quantitative estimate of drug-likeness (QED) is 0.498. The number of aliphatic hydroxyl groups excluding tert-OH is 3. The highest BCUT2D eigenvalue weighted by Crippen LogP contribution is 2.28. The molecule has 1 aromatic heterocycles. The van der Waals surface area contributed by atoms with Crippen LogP contribution in [0, 0.1) is 0 Å². The van der Waals surface area contributed by atoms with Crippen LogP contribution in [0.15, 0.2) is 17.1 Å². The molecule has 2 rings (SSSR count). The van der Waals surface area contributed by atoms with Gasteiger partial charge in [-0.1, -0.05) is 38.3 Å². The third kappa shape index (κ3) is 4.66. The van der Waals surface area contributed by atoms with Gasteiger partial charge < -0.3 is 25.8 Å². The SMILES string of the molecule is CCCCCCC=Cc1cn([C@@H]2O[C@H](CO)C(O)C2O)c(=O)nc1N. The van der Waals surface area contributed by atoms with Crippen LogP contribution in [-0.2, 0) is 4.74 Å². The average Bonchev–Trinajstić information content (AvgIpc) is 2.87. The molecule has 1 aliphatic heterocycles. The molecule has 0 amide bonds. The molecule has 1 aromatic rings. The molecule has 1 fully saturated rings. The van der Waals surface area contributed by atoms with Crippen LogP contribution in [0.2, 0.25) is 0 Å². The lowest BCUT2D eigenvalue weighted by atomic mass is 10.1. The van der Waals surface area contributed by atoms with Gasteiger partial charge in [0.2, 0.25) is 0 Å². The molecule has 2 heterocycles. The van der Waals surface area contributed by atoms with E-state index in [0.29, 0.717) is 5.56 Å². The maximum atomic E-state index is 12.1. The first-order chi connectivity index (χ1) is 12.0. The highest BCUT2D eigenvalue weighted by Gasteiger charge is 2.43. The summed E-state index contributed by atoms with van der Waals surface area (Å²) >= 11 is 0. The minimum absolute atomic E-state index is 0.0952. The number of rotatable bonds is 8. The molecule has 8 nitrogen and oxygen atoms in total. The number of unbranched alkanes of at least 4 members (excludes halogenated alkanes) is 4. The predicted octanol–water partition coefficient (Wildman–Crippen LogP) is 0.421. The number of hydrogen-bond acceptors (Lipinski definition) is 7.